The van der Waals surface area contributed by atoms with Crippen LogP contribution in [0, 0.1) is 0 Å². The van der Waals surface area contributed by atoms with Gasteiger partial charge in [0.05, 0.1) is 0 Å². The summed E-state index contributed by atoms with van der Waals surface area (Å²) in [5.74, 6) is 0.214. The summed E-state index contributed by atoms with van der Waals surface area (Å²) in [6.07, 6.45) is 4.21. The number of amides is 1. The molecule has 5 nitrogen and oxygen atoms in total. The van der Waals surface area contributed by atoms with Crippen LogP contribution >= 0.6 is 11.3 Å². The minimum atomic E-state index is 0.214. The van der Waals surface area contributed by atoms with Gasteiger partial charge in [-0.15, -0.1) is 11.3 Å². The van der Waals surface area contributed by atoms with Gasteiger partial charge >= 0.3 is 0 Å². The van der Waals surface area contributed by atoms with Gasteiger partial charge in [0.2, 0.25) is 5.91 Å². The van der Waals surface area contributed by atoms with Gasteiger partial charge in [0.1, 0.15) is 0 Å². The number of piperazine rings is 1. The first-order chi connectivity index (χ1) is 11.7. The molecule has 128 valence electrons. The minimum Gasteiger partial charge on any atom is -0.399 e. The number of nitrogens with zero attached hydrogens (tertiary/aromatic N) is 3. The number of hydrogen-bond acceptors (Lipinski definition) is 5. The van der Waals surface area contributed by atoms with Crippen molar-refractivity contribution in [2.45, 2.75) is 26.2 Å². The predicted octanol–water partition coefficient (Wildman–Crippen LogP) is 2.57. The summed E-state index contributed by atoms with van der Waals surface area (Å²) in [4.78, 5) is 22.5. The van der Waals surface area contributed by atoms with Crippen molar-refractivity contribution < 1.29 is 4.79 Å². The summed E-state index contributed by atoms with van der Waals surface area (Å²) >= 11 is 1.76. The summed E-state index contributed by atoms with van der Waals surface area (Å²) in [7, 11) is 0. The van der Waals surface area contributed by atoms with Crippen LogP contribution in [0.25, 0.3) is 0 Å². The lowest BCUT2D eigenvalue weighted by atomic mass is 10.1. The number of aromatic nitrogens is 1. The fourth-order valence-electron chi connectivity index (χ4n) is 2.92. The first-order valence-corrected chi connectivity index (χ1v) is 9.30. The molecule has 3 rings (SSSR count). The van der Waals surface area contributed by atoms with Crippen LogP contribution < -0.4 is 10.6 Å². The summed E-state index contributed by atoms with van der Waals surface area (Å²) < 4.78 is 0. The number of thiazole rings is 1. The molecule has 2 aromatic rings. The van der Waals surface area contributed by atoms with Crippen LogP contribution in [0.5, 0.6) is 0 Å². The molecule has 1 aromatic carbocycles. The van der Waals surface area contributed by atoms with E-state index in [9.17, 15) is 4.79 Å². The monoisotopic (exact) mass is 344 g/mol. The lowest BCUT2D eigenvalue weighted by Crippen LogP contribution is -2.48. The number of carbonyl (C=O) groups is 1. The zero-order chi connectivity index (χ0) is 16.9. The van der Waals surface area contributed by atoms with Crippen molar-refractivity contribution in [1.29, 1.82) is 0 Å². The average Bonchev–Trinajstić information content (AvgIpc) is 3.10. The Bertz CT molecular complexity index is 692. The number of hydrogen-bond donors (Lipinski definition) is 1. The molecular formula is C18H24N4OS. The molecule has 2 heterocycles. The van der Waals surface area contributed by atoms with E-state index in [-0.39, 0.29) is 5.91 Å². The Hall–Kier alpha value is -2.08. The quantitative estimate of drug-likeness (QED) is 0.847. The number of nitrogens with two attached hydrogens (primary N) is 1. The summed E-state index contributed by atoms with van der Waals surface area (Å²) in [6, 6.07) is 7.77. The molecule has 0 bridgehead atoms. The van der Waals surface area contributed by atoms with E-state index in [2.05, 4.69) is 16.8 Å². The third kappa shape index (κ3) is 3.87. The van der Waals surface area contributed by atoms with Gasteiger partial charge in [0.15, 0.2) is 5.13 Å². The van der Waals surface area contributed by atoms with Crippen molar-refractivity contribution in [3.63, 3.8) is 0 Å². The van der Waals surface area contributed by atoms with Crippen LogP contribution in [0.3, 0.4) is 0 Å². The third-order valence-corrected chi connectivity index (χ3v) is 5.66. The highest BCUT2D eigenvalue weighted by Crippen LogP contribution is 2.24. The summed E-state index contributed by atoms with van der Waals surface area (Å²) in [6.45, 7) is 5.40. The van der Waals surface area contributed by atoms with Crippen molar-refractivity contribution in [3.05, 3.63) is 40.9 Å². The molecule has 24 heavy (non-hydrogen) atoms. The normalized spacial score (nSPS) is 14.9. The average molecular weight is 344 g/mol. The minimum absolute atomic E-state index is 0.214. The highest BCUT2D eigenvalue weighted by molar-refractivity contribution is 7.15. The van der Waals surface area contributed by atoms with Crippen LogP contribution in [0.4, 0.5) is 10.8 Å². The maximum absolute atomic E-state index is 12.4. The van der Waals surface area contributed by atoms with Gasteiger partial charge in [-0.05, 0) is 24.5 Å². The molecule has 0 atom stereocenters. The van der Waals surface area contributed by atoms with E-state index in [4.69, 9.17) is 5.73 Å². The molecule has 2 N–H and O–H groups in total. The SMILES string of the molecule is CCc1cnc(N2CCN(C(=O)CCc3ccccc3N)CC2)s1. The Morgan fingerprint density at radius 1 is 1.25 bits per heavy atom. The molecule has 0 saturated carbocycles. The topological polar surface area (TPSA) is 62.5 Å². The van der Waals surface area contributed by atoms with Crippen LogP contribution in [-0.4, -0.2) is 42.0 Å². The first-order valence-electron chi connectivity index (χ1n) is 8.48. The molecule has 1 aromatic heterocycles. The first kappa shape index (κ1) is 16.8. The van der Waals surface area contributed by atoms with Crippen molar-refractivity contribution in [1.82, 2.24) is 9.88 Å². The number of benzene rings is 1. The van der Waals surface area contributed by atoms with Crippen molar-refractivity contribution in [2.24, 2.45) is 0 Å². The fraction of sp³-hybridized carbons (Fsp3) is 0.444. The van der Waals surface area contributed by atoms with Gasteiger partial charge in [-0.25, -0.2) is 4.98 Å². The number of rotatable bonds is 5. The highest BCUT2D eigenvalue weighted by atomic mass is 32.1. The lowest BCUT2D eigenvalue weighted by molar-refractivity contribution is -0.131. The molecular weight excluding hydrogens is 320 g/mol. The second-order valence-corrected chi connectivity index (χ2v) is 7.12. The van der Waals surface area contributed by atoms with Gasteiger partial charge in [0, 0.05) is 49.4 Å². The third-order valence-electron chi connectivity index (χ3n) is 4.46. The van der Waals surface area contributed by atoms with E-state index in [1.54, 1.807) is 11.3 Å². The smallest absolute Gasteiger partial charge is 0.223 e. The van der Waals surface area contributed by atoms with Crippen molar-refractivity contribution >= 4 is 28.1 Å². The molecule has 0 spiro atoms. The van der Waals surface area contributed by atoms with Crippen LogP contribution in [0.15, 0.2) is 30.5 Å². The second kappa shape index (κ2) is 7.66. The van der Waals surface area contributed by atoms with E-state index < -0.39 is 0 Å². The van der Waals surface area contributed by atoms with E-state index >= 15 is 0 Å². The Kier molecular flexibility index (Phi) is 5.35. The molecule has 1 aliphatic rings. The zero-order valence-electron chi connectivity index (χ0n) is 14.1. The van der Waals surface area contributed by atoms with Crippen molar-refractivity contribution in [2.75, 3.05) is 36.8 Å². The van der Waals surface area contributed by atoms with E-state index in [1.165, 1.54) is 4.88 Å². The Morgan fingerprint density at radius 3 is 2.67 bits per heavy atom. The Morgan fingerprint density at radius 2 is 2.00 bits per heavy atom. The molecule has 0 unspecified atom stereocenters. The maximum Gasteiger partial charge on any atom is 0.223 e. The van der Waals surface area contributed by atoms with Gasteiger partial charge < -0.3 is 15.5 Å². The fourth-order valence-corrected chi connectivity index (χ4v) is 3.82. The van der Waals surface area contributed by atoms with Crippen LogP contribution in [0.1, 0.15) is 23.8 Å². The molecule has 0 aliphatic carbocycles. The second-order valence-electron chi connectivity index (χ2n) is 6.03. The number of nitrogen functional groups attached to an aromatic ring is 1. The molecule has 6 heteroatoms. The van der Waals surface area contributed by atoms with Gasteiger partial charge in [0.25, 0.3) is 0 Å². The van der Waals surface area contributed by atoms with Crippen LogP contribution in [-0.2, 0) is 17.6 Å². The Labute approximate surface area is 147 Å². The molecule has 1 aliphatic heterocycles. The Balaban J connectivity index is 1.49. The lowest BCUT2D eigenvalue weighted by Gasteiger charge is -2.34. The largest absolute Gasteiger partial charge is 0.399 e. The van der Waals surface area contributed by atoms with Gasteiger partial charge in [-0.3, -0.25) is 4.79 Å². The number of aryl methyl sites for hydroxylation is 2. The number of anilines is 2. The van der Waals surface area contributed by atoms with Crippen molar-refractivity contribution in [3.8, 4) is 0 Å². The van der Waals surface area contributed by atoms with E-state index in [0.29, 0.717) is 12.8 Å². The maximum atomic E-state index is 12.4. The van der Waals surface area contributed by atoms with Gasteiger partial charge in [-0.1, -0.05) is 25.1 Å². The zero-order valence-corrected chi connectivity index (χ0v) is 14.9. The predicted molar refractivity (Wildman–Crippen MR) is 99.5 cm³/mol. The summed E-state index contributed by atoms with van der Waals surface area (Å²) in [5, 5.41) is 1.08. The number of carbonyl (C=O) groups excluding carboxylic acids is 1. The summed E-state index contributed by atoms with van der Waals surface area (Å²) in [5.41, 5.74) is 7.77. The molecule has 0 radical (unpaired) electrons. The highest BCUT2D eigenvalue weighted by Gasteiger charge is 2.22. The standard InChI is InChI=1S/C18H24N4OS/c1-2-15-13-20-18(24-15)22-11-9-21(10-12-22)17(23)8-7-14-5-3-4-6-16(14)19/h3-6,13H,2,7-12,19H2,1H3. The van der Waals surface area contributed by atoms with Gasteiger partial charge in [-0.2, -0.15) is 0 Å². The van der Waals surface area contributed by atoms with E-state index in [1.807, 2.05) is 35.4 Å². The number of para-hydroxylation sites is 1. The molecule has 1 fully saturated rings. The molecule has 1 saturated heterocycles. The van der Waals surface area contributed by atoms with E-state index in [0.717, 1.165) is 49.0 Å². The van der Waals surface area contributed by atoms with Crippen LogP contribution in [0.2, 0.25) is 0 Å². The molecule has 1 amide bonds.